The summed E-state index contributed by atoms with van der Waals surface area (Å²) in [6.07, 6.45) is 1.17. The van der Waals surface area contributed by atoms with Gasteiger partial charge in [0.1, 0.15) is 5.82 Å². The van der Waals surface area contributed by atoms with Crippen molar-refractivity contribution in [1.82, 2.24) is 4.57 Å². The normalized spacial score (nSPS) is 10.3. The molecular weight excluding hydrogens is 261 g/mol. The second kappa shape index (κ2) is 3.98. The van der Waals surface area contributed by atoms with Crippen molar-refractivity contribution in [3.63, 3.8) is 0 Å². The fourth-order valence-electron chi connectivity index (χ4n) is 1.26. The summed E-state index contributed by atoms with van der Waals surface area (Å²) in [4.78, 5) is 11.4. The number of nitrogens with zero attached hydrogens (tertiary/aromatic N) is 1. The highest BCUT2D eigenvalue weighted by Gasteiger charge is 2.00. The number of aromatic nitrogens is 1. The van der Waals surface area contributed by atoms with Crippen LogP contribution in [0.4, 0.5) is 4.39 Å². The number of hydrogen-bond donors (Lipinski definition) is 0. The Morgan fingerprint density at radius 3 is 2.40 bits per heavy atom. The van der Waals surface area contributed by atoms with Crippen LogP contribution in [0.15, 0.2) is 51.9 Å². The Labute approximate surface area is 94.1 Å². The van der Waals surface area contributed by atoms with E-state index in [0.29, 0.717) is 5.69 Å². The Bertz CT molecular complexity index is 533. The van der Waals surface area contributed by atoms with E-state index in [1.807, 2.05) is 0 Å². The summed E-state index contributed by atoms with van der Waals surface area (Å²) in [6, 6.07) is 9.43. The average molecular weight is 268 g/mol. The molecule has 0 aliphatic rings. The molecule has 2 nitrogen and oxygen atoms in total. The SMILES string of the molecule is O=c1ccc(F)cn1-c1ccc(Br)cc1. The summed E-state index contributed by atoms with van der Waals surface area (Å²) in [5.74, 6) is -0.433. The van der Waals surface area contributed by atoms with Gasteiger partial charge in [0.25, 0.3) is 5.56 Å². The third-order valence-electron chi connectivity index (χ3n) is 1.98. The summed E-state index contributed by atoms with van der Waals surface area (Å²) < 4.78 is 15.1. The molecule has 0 bridgehead atoms. The van der Waals surface area contributed by atoms with Crippen molar-refractivity contribution >= 4 is 15.9 Å². The molecule has 0 N–H and O–H groups in total. The fourth-order valence-corrected chi connectivity index (χ4v) is 1.53. The van der Waals surface area contributed by atoms with Crippen LogP contribution in [0.5, 0.6) is 0 Å². The van der Waals surface area contributed by atoms with Gasteiger partial charge in [0.2, 0.25) is 0 Å². The Balaban J connectivity index is 2.58. The first-order valence-electron chi connectivity index (χ1n) is 4.31. The van der Waals surface area contributed by atoms with E-state index in [1.54, 1.807) is 24.3 Å². The molecule has 2 aromatic rings. The highest BCUT2D eigenvalue weighted by atomic mass is 79.9. The maximum absolute atomic E-state index is 12.9. The minimum absolute atomic E-state index is 0.251. The molecule has 0 fully saturated rings. The van der Waals surface area contributed by atoms with Gasteiger partial charge < -0.3 is 0 Å². The van der Waals surface area contributed by atoms with E-state index >= 15 is 0 Å². The van der Waals surface area contributed by atoms with Gasteiger partial charge in [-0.25, -0.2) is 4.39 Å². The molecule has 76 valence electrons. The summed E-state index contributed by atoms with van der Waals surface area (Å²) in [7, 11) is 0. The number of hydrogen-bond acceptors (Lipinski definition) is 1. The van der Waals surface area contributed by atoms with Crippen LogP contribution in [0, 0.1) is 5.82 Å². The van der Waals surface area contributed by atoms with Crippen molar-refractivity contribution < 1.29 is 4.39 Å². The molecule has 0 aliphatic heterocycles. The molecule has 1 aromatic carbocycles. The Morgan fingerprint density at radius 2 is 1.73 bits per heavy atom. The van der Waals surface area contributed by atoms with Crippen molar-refractivity contribution in [2.45, 2.75) is 0 Å². The van der Waals surface area contributed by atoms with Gasteiger partial charge in [0, 0.05) is 22.4 Å². The molecule has 0 atom stereocenters. The highest BCUT2D eigenvalue weighted by Crippen LogP contribution is 2.12. The van der Waals surface area contributed by atoms with Crippen molar-refractivity contribution in [2.75, 3.05) is 0 Å². The molecule has 0 unspecified atom stereocenters. The molecule has 0 saturated heterocycles. The zero-order chi connectivity index (χ0) is 10.8. The number of rotatable bonds is 1. The zero-order valence-corrected chi connectivity index (χ0v) is 9.24. The smallest absolute Gasteiger partial charge is 0.255 e. The molecule has 1 heterocycles. The molecular formula is C11H7BrFNO. The first-order valence-corrected chi connectivity index (χ1v) is 5.10. The van der Waals surface area contributed by atoms with Gasteiger partial charge in [0.15, 0.2) is 0 Å². The molecule has 1 aromatic heterocycles. The standard InChI is InChI=1S/C11H7BrFNO/c12-8-1-4-10(5-2-8)14-7-9(13)3-6-11(14)15/h1-7H. The van der Waals surface area contributed by atoms with Crippen molar-refractivity contribution in [1.29, 1.82) is 0 Å². The van der Waals surface area contributed by atoms with E-state index in [-0.39, 0.29) is 5.56 Å². The van der Waals surface area contributed by atoms with Crippen LogP contribution in [0.2, 0.25) is 0 Å². The minimum Gasteiger partial charge on any atom is -0.281 e. The lowest BCUT2D eigenvalue weighted by Gasteiger charge is -2.04. The molecule has 4 heteroatoms. The van der Waals surface area contributed by atoms with E-state index in [1.165, 1.54) is 16.8 Å². The van der Waals surface area contributed by atoms with Crippen LogP contribution in [0.25, 0.3) is 5.69 Å². The number of pyridine rings is 1. The minimum atomic E-state index is -0.433. The van der Waals surface area contributed by atoms with Gasteiger partial charge in [0.05, 0.1) is 0 Å². The average Bonchev–Trinajstić information content (AvgIpc) is 2.23. The largest absolute Gasteiger partial charge is 0.281 e. The molecule has 0 radical (unpaired) electrons. The van der Waals surface area contributed by atoms with E-state index in [9.17, 15) is 9.18 Å². The fraction of sp³-hybridized carbons (Fsp3) is 0. The lowest BCUT2D eigenvalue weighted by atomic mass is 10.3. The van der Waals surface area contributed by atoms with Crippen molar-refractivity contribution in [2.24, 2.45) is 0 Å². The predicted molar refractivity (Wildman–Crippen MR) is 59.7 cm³/mol. The monoisotopic (exact) mass is 267 g/mol. The van der Waals surface area contributed by atoms with Crippen LogP contribution < -0.4 is 5.56 Å². The van der Waals surface area contributed by atoms with Gasteiger partial charge >= 0.3 is 0 Å². The molecule has 2 rings (SSSR count). The molecule has 0 saturated carbocycles. The topological polar surface area (TPSA) is 22.0 Å². The summed E-state index contributed by atoms with van der Waals surface area (Å²) in [5.41, 5.74) is 0.390. The third-order valence-corrected chi connectivity index (χ3v) is 2.51. The van der Waals surface area contributed by atoms with Gasteiger partial charge in [-0.1, -0.05) is 15.9 Å². The lowest BCUT2D eigenvalue weighted by molar-refractivity contribution is 0.613. The van der Waals surface area contributed by atoms with Crippen molar-refractivity contribution in [3.05, 3.63) is 63.2 Å². The predicted octanol–water partition coefficient (Wildman–Crippen LogP) is 2.74. The lowest BCUT2D eigenvalue weighted by Crippen LogP contribution is -2.16. The van der Waals surface area contributed by atoms with Gasteiger partial charge in [-0.05, 0) is 30.3 Å². The van der Waals surface area contributed by atoms with E-state index in [2.05, 4.69) is 15.9 Å². The zero-order valence-electron chi connectivity index (χ0n) is 7.65. The van der Waals surface area contributed by atoms with Gasteiger partial charge in [-0.3, -0.25) is 9.36 Å². The third kappa shape index (κ3) is 2.15. The summed E-state index contributed by atoms with van der Waals surface area (Å²) >= 11 is 3.29. The van der Waals surface area contributed by atoms with E-state index in [4.69, 9.17) is 0 Å². The molecule has 0 spiro atoms. The molecule has 0 amide bonds. The van der Waals surface area contributed by atoms with E-state index in [0.717, 1.165) is 10.5 Å². The first-order chi connectivity index (χ1) is 7.16. The molecule has 0 aliphatic carbocycles. The van der Waals surface area contributed by atoms with Crippen LogP contribution in [0.3, 0.4) is 0 Å². The van der Waals surface area contributed by atoms with Gasteiger partial charge in [-0.2, -0.15) is 0 Å². The first kappa shape index (κ1) is 10.1. The van der Waals surface area contributed by atoms with E-state index < -0.39 is 5.82 Å². The maximum atomic E-state index is 12.9. The second-order valence-corrected chi connectivity index (χ2v) is 3.95. The quantitative estimate of drug-likeness (QED) is 0.779. The number of benzene rings is 1. The highest BCUT2D eigenvalue weighted by molar-refractivity contribution is 9.10. The second-order valence-electron chi connectivity index (χ2n) is 3.03. The Kier molecular flexibility index (Phi) is 2.68. The Morgan fingerprint density at radius 1 is 1.07 bits per heavy atom. The number of halogens is 2. The maximum Gasteiger partial charge on any atom is 0.255 e. The summed E-state index contributed by atoms with van der Waals surface area (Å²) in [5, 5.41) is 0. The molecule has 15 heavy (non-hydrogen) atoms. The van der Waals surface area contributed by atoms with Crippen molar-refractivity contribution in [3.8, 4) is 5.69 Å². The van der Waals surface area contributed by atoms with Crippen LogP contribution >= 0.6 is 15.9 Å². The van der Waals surface area contributed by atoms with Crippen LogP contribution in [0.1, 0.15) is 0 Å². The van der Waals surface area contributed by atoms with Crippen LogP contribution in [-0.4, -0.2) is 4.57 Å². The summed E-state index contributed by atoms with van der Waals surface area (Å²) in [6.45, 7) is 0. The van der Waals surface area contributed by atoms with Gasteiger partial charge in [-0.15, -0.1) is 0 Å². The van der Waals surface area contributed by atoms with Crippen LogP contribution in [-0.2, 0) is 0 Å². The Hall–Kier alpha value is -1.42.